The highest BCUT2D eigenvalue weighted by molar-refractivity contribution is 5.91. The van der Waals surface area contributed by atoms with Crippen LogP contribution in [0.5, 0.6) is 0 Å². The fraction of sp³-hybridized carbons (Fsp3) is 0.370. The number of alkyl halides is 1. The van der Waals surface area contributed by atoms with Crippen molar-refractivity contribution >= 4 is 10.8 Å². The molecule has 3 heteroatoms. The molecule has 0 radical (unpaired) electrons. The number of hydrogen-bond donors (Lipinski definition) is 0. The third-order valence-electron chi connectivity index (χ3n) is 6.50. The minimum Gasteiger partial charge on any atom is -0.242 e. The quantitative estimate of drug-likeness (QED) is 0.382. The first-order valence-corrected chi connectivity index (χ1v) is 11.0. The predicted octanol–water partition coefficient (Wildman–Crippen LogP) is 8.06. The Hall–Kier alpha value is -2.73. The maximum atomic E-state index is 15.3. The van der Waals surface area contributed by atoms with Gasteiger partial charge in [-0.15, -0.1) is 0 Å². The average Bonchev–Trinajstić information content (AvgIpc) is 2.77. The van der Waals surface area contributed by atoms with E-state index in [9.17, 15) is 4.39 Å². The summed E-state index contributed by atoms with van der Waals surface area (Å²) >= 11 is 0. The number of fused-ring (bicyclic) bond motifs is 3. The van der Waals surface area contributed by atoms with Gasteiger partial charge < -0.3 is 0 Å². The highest BCUT2D eigenvalue weighted by Crippen LogP contribution is 2.43. The minimum atomic E-state index is -0.882. The Kier molecular flexibility index (Phi) is 6.13. The molecule has 2 atom stereocenters. The van der Waals surface area contributed by atoms with E-state index in [1.165, 1.54) is 31.4 Å². The maximum Gasteiger partial charge on any atom is 0.141 e. The largest absolute Gasteiger partial charge is 0.242 e. The standard InChI is InChI=1S/C27H27F2N/c1-2-3-4-5-6-18-9-13-24-23-12-10-19(15-21(23)11-14-25(24)27(18)29)20-7-8-22(17-30)26(28)16-20/h7-8,10-12,14-16,18,27H,2-6,9,13H2,1H3. The fourth-order valence-corrected chi connectivity index (χ4v) is 4.77. The fourth-order valence-electron chi connectivity index (χ4n) is 4.77. The van der Waals surface area contributed by atoms with Gasteiger partial charge in [0.2, 0.25) is 0 Å². The lowest BCUT2D eigenvalue weighted by molar-refractivity contribution is 0.192. The average molecular weight is 404 g/mol. The van der Waals surface area contributed by atoms with Crippen LogP contribution in [0.3, 0.4) is 0 Å². The number of aryl methyl sites for hydroxylation is 1. The normalized spacial score (nSPS) is 18.2. The van der Waals surface area contributed by atoms with Crippen LogP contribution in [-0.4, -0.2) is 0 Å². The zero-order valence-corrected chi connectivity index (χ0v) is 17.4. The highest BCUT2D eigenvalue weighted by atomic mass is 19.1. The van der Waals surface area contributed by atoms with Gasteiger partial charge in [-0.1, -0.05) is 62.9 Å². The van der Waals surface area contributed by atoms with Crippen molar-refractivity contribution in [3.8, 4) is 17.2 Å². The van der Waals surface area contributed by atoms with Gasteiger partial charge in [-0.05, 0) is 76.4 Å². The van der Waals surface area contributed by atoms with Crippen LogP contribution in [0.15, 0.2) is 48.5 Å². The van der Waals surface area contributed by atoms with Crippen LogP contribution in [0, 0.1) is 23.1 Å². The second kappa shape index (κ2) is 8.96. The predicted molar refractivity (Wildman–Crippen MR) is 118 cm³/mol. The Balaban J connectivity index is 1.61. The Morgan fingerprint density at radius 3 is 2.57 bits per heavy atom. The molecule has 0 amide bonds. The lowest BCUT2D eigenvalue weighted by atomic mass is 9.78. The summed E-state index contributed by atoms with van der Waals surface area (Å²) in [5.41, 5.74) is 3.66. The Bertz CT molecular complexity index is 1100. The number of unbranched alkanes of at least 4 members (excludes halogenated alkanes) is 3. The van der Waals surface area contributed by atoms with Gasteiger partial charge in [-0.25, -0.2) is 8.78 Å². The summed E-state index contributed by atoms with van der Waals surface area (Å²) in [6, 6.07) is 16.5. The highest BCUT2D eigenvalue weighted by Gasteiger charge is 2.30. The van der Waals surface area contributed by atoms with E-state index in [-0.39, 0.29) is 11.5 Å². The van der Waals surface area contributed by atoms with Crippen LogP contribution in [0.2, 0.25) is 0 Å². The van der Waals surface area contributed by atoms with Gasteiger partial charge in [0.1, 0.15) is 18.1 Å². The van der Waals surface area contributed by atoms with E-state index in [4.69, 9.17) is 5.26 Å². The molecular weight excluding hydrogens is 376 g/mol. The van der Waals surface area contributed by atoms with Crippen LogP contribution in [0.4, 0.5) is 8.78 Å². The summed E-state index contributed by atoms with van der Waals surface area (Å²) < 4.78 is 29.3. The Morgan fingerprint density at radius 1 is 1.00 bits per heavy atom. The maximum absolute atomic E-state index is 15.3. The molecule has 0 bridgehead atoms. The van der Waals surface area contributed by atoms with E-state index < -0.39 is 12.0 Å². The molecule has 0 aromatic heterocycles. The van der Waals surface area contributed by atoms with E-state index in [1.54, 1.807) is 6.07 Å². The van der Waals surface area contributed by atoms with Crippen LogP contribution < -0.4 is 0 Å². The summed E-state index contributed by atoms with van der Waals surface area (Å²) in [5.74, 6) is -0.376. The molecule has 0 saturated heterocycles. The zero-order valence-electron chi connectivity index (χ0n) is 17.4. The van der Waals surface area contributed by atoms with Crippen molar-refractivity contribution in [1.29, 1.82) is 5.26 Å². The first kappa shape index (κ1) is 20.5. The molecule has 3 aromatic rings. The SMILES string of the molecule is CCCCCCC1CCc2c(ccc3cc(-c4ccc(C#N)c(F)c4)ccc23)C1F. The molecule has 0 fully saturated rings. The molecule has 1 aliphatic rings. The van der Waals surface area contributed by atoms with Gasteiger partial charge in [-0.3, -0.25) is 0 Å². The number of nitrogens with zero attached hydrogens (tertiary/aromatic N) is 1. The first-order valence-electron chi connectivity index (χ1n) is 11.0. The van der Waals surface area contributed by atoms with E-state index in [1.807, 2.05) is 36.4 Å². The zero-order chi connectivity index (χ0) is 21.1. The van der Waals surface area contributed by atoms with Crippen molar-refractivity contribution in [2.24, 2.45) is 5.92 Å². The number of nitriles is 1. The molecule has 1 nitrogen and oxygen atoms in total. The van der Waals surface area contributed by atoms with Crippen molar-refractivity contribution in [2.45, 2.75) is 58.0 Å². The first-order chi connectivity index (χ1) is 14.6. The second-order valence-corrected chi connectivity index (χ2v) is 8.43. The molecule has 3 aromatic carbocycles. The van der Waals surface area contributed by atoms with Gasteiger partial charge in [0, 0.05) is 0 Å². The van der Waals surface area contributed by atoms with Crippen molar-refractivity contribution in [2.75, 3.05) is 0 Å². The third-order valence-corrected chi connectivity index (χ3v) is 6.50. The van der Waals surface area contributed by atoms with Gasteiger partial charge in [0.05, 0.1) is 5.56 Å². The topological polar surface area (TPSA) is 23.8 Å². The Labute approximate surface area is 177 Å². The van der Waals surface area contributed by atoms with E-state index in [0.717, 1.165) is 58.7 Å². The molecule has 154 valence electrons. The van der Waals surface area contributed by atoms with Crippen molar-refractivity contribution < 1.29 is 8.78 Å². The molecule has 4 rings (SSSR count). The van der Waals surface area contributed by atoms with Gasteiger partial charge >= 0.3 is 0 Å². The van der Waals surface area contributed by atoms with Gasteiger partial charge in [0.15, 0.2) is 0 Å². The lowest BCUT2D eigenvalue weighted by Gasteiger charge is -2.29. The van der Waals surface area contributed by atoms with Gasteiger partial charge in [-0.2, -0.15) is 5.26 Å². The van der Waals surface area contributed by atoms with E-state index in [0.29, 0.717) is 0 Å². The van der Waals surface area contributed by atoms with Crippen LogP contribution in [0.25, 0.3) is 21.9 Å². The summed E-state index contributed by atoms with van der Waals surface area (Å²) in [5, 5.41) is 11.1. The van der Waals surface area contributed by atoms with Gasteiger partial charge in [0.25, 0.3) is 0 Å². The molecule has 0 spiro atoms. The molecular formula is C27H27F2N. The molecule has 2 unspecified atom stereocenters. The second-order valence-electron chi connectivity index (χ2n) is 8.43. The summed E-state index contributed by atoms with van der Waals surface area (Å²) in [6.07, 6.45) is 6.66. The van der Waals surface area contributed by atoms with Crippen molar-refractivity contribution in [1.82, 2.24) is 0 Å². The van der Waals surface area contributed by atoms with Crippen LogP contribution in [0.1, 0.15) is 68.3 Å². The smallest absolute Gasteiger partial charge is 0.141 e. The van der Waals surface area contributed by atoms with E-state index in [2.05, 4.69) is 6.92 Å². The monoisotopic (exact) mass is 403 g/mol. The third kappa shape index (κ3) is 3.97. The lowest BCUT2D eigenvalue weighted by Crippen LogP contribution is -2.18. The molecule has 0 N–H and O–H groups in total. The summed E-state index contributed by atoms with van der Waals surface area (Å²) in [6.45, 7) is 2.20. The Morgan fingerprint density at radius 2 is 1.80 bits per heavy atom. The molecule has 0 saturated carbocycles. The molecule has 0 heterocycles. The number of rotatable bonds is 6. The van der Waals surface area contributed by atoms with Crippen LogP contribution in [-0.2, 0) is 6.42 Å². The summed E-state index contributed by atoms with van der Waals surface area (Å²) in [4.78, 5) is 0. The molecule has 0 aliphatic heterocycles. The number of halogens is 2. The van der Waals surface area contributed by atoms with Crippen LogP contribution >= 0.6 is 0 Å². The summed E-state index contributed by atoms with van der Waals surface area (Å²) in [7, 11) is 0. The molecule has 30 heavy (non-hydrogen) atoms. The molecule has 1 aliphatic carbocycles. The van der Waals surface area contributed by atoms with E-state index >= 15 is 4.39 Å². The number of benzene rings is 3. The van der Waals surface area contributed by atoms with Crippen molar-refractivity contribution in [3.05, 3.63) is 71.0 Å². The number of hydrogen-bond acceptors (Lipinski definition) is 1. The minimum absolute atomic E-state index is 0.0480. The van der Waals surface area contributed by atoms with Crippen molar-refractivity contribution in [3.63, 3.8) is 0 Å².